The molecule has 1 heterocycles. The molecule has 4 atom stereocenters. The molecule has 152 valence electrons. The maximum absolute atomic E-state index is 12.7. The highest BCUT2D eigenvalue weighted by atomic mass is 79.9. The number of ether oxygens (including phenoxy) is 1. The number of ketones is 1. The molecule has 2 fully saturated rings. The lowest BCUT2D eigenvalue weighted by Gasteiger charge is -2.16. The van der Waals surface area contributed by atoms with Crippen LogP contribution in [0.4, 0.5) is 0 Å². The van der Waals surface area contributed by atoms with Gasteiger partial charge in [0.15, 0.2) is 5.78 Å². The molecule has 0 spiro atoms. The van der Waals surface area contributed by atoms with Crippen molar-refractivity contribution in [2.75, 3.05) is 13.7 Å². The summed E-state index contributed by atoms with van der Waals surface area (Å²) in [6.45, 7) is 3.94. The Morgan fingerprint density at radius 3 is 2.61 bits per heavy atom. The van der Waals surface area contributed by atoms with Crippen molar-refractivity contribution in [2.24, 2.45) is 11.3 Å². The molecule has 0 aromatic heterocycles. The number of esters is 1. The van der Waals surface area contributed by atoms with Gasteiger partial charge in [-0.05, 0) is 43.0 Å². The molecule has 1 saturated carbocycles. The Balaban J connectivity index is 1.60. The first-order valence-electron chi connectivity index (χ1n) is 8.88. The predicted octanol–water partition coefficient (Wildman–Crippen LogP) is 2.21. The monoisotopic (exact) mass is 471 g/mol. The van der Waals surface area contributed by atoms with Crippen molar-refractivity contribution in [3.63, 3.8) is 0 Å². The molecule has 1 aromatic rings. The minimum absolute atomic E-state index is 0.0419. The fraction of sp³-hybridized carbons (Fsp3) is 0.474. The topological polar surface area (TPSA) is 98.8 Å². The van der Waals surface area contributed by atoms with Gasteiger partial charge in [-0.1, -0.05) is 22.0 Å². The van der Waals surface area contributed by atoms with E-state index in [2.05, 4.69) is 27.8 Å². The van der Waals surface area contributed by atoms with Crippen LogP contribution in [0, 0.1) is 11.3 Å². The summed E-state index contributed by atoms with van der Waals surface area (Å²) in [5, 5.41) is 3.01. The van der Waals surface area contributed by atoms with E-state index in [1.54, 1.807) is 18.2 Å². The third-order valence-corrected chi connectivity index (χ3v) is 7.25. The van der Waals surface area contributed by atoms with Gasteiger partial charge in [0.1, 0.15) is 0 Å². The Bertz CT molecular complexity index is 884. The van der Waals surface area contributed by atoms with Crippen LogP contribution in [0.3, 0.4) is 0 Å². The summed E-state index contributed by atoms with van der Waals surface area (Å²) >= 11 is 3.26. The van der Waals surface area contributed by atoms with Crippen LogP contribution < -0.4 is 5.32 Å². The van der Waals surface area contributed by atoms with Gasteiger partial charge >= 0.3 is 5.97 Å². The van der Waals surface area contributed by atoms with Crippen molar-refractivity contribution < 1.29 is 26.9 Å². The summed E-state index contributed by atoms with van der Waals surface area (Å²) in [7, 11) is -2.62. The number of allylic oxidation sites excluding steroid dienone is 1. The Labute approximate surface area is 172 Å². The number of benzene rings is 1. The van der Waals surface area contributed by atoms with Gasteiger partial charge in [-0.15, -0.1) is 6.58 Å². The summed E-state index contributed by atoms with van der Waals surface area (Å²) in [5.74, 6) is -0.633. The molecule has 2 aliphatic rings. The molecular formula is C19H22BrNO6S. The van der Waals surface area contributed by atoms with Gasteiger partial charge in [-0.25, -0.2) is 0 Å². The molecule has 28 heavy (non-hydrogen) atoms. The van der Waals surface area contributed by atoms with E-state index in [-0.39, 0.29) is 36.0 Å². The SMILES string of the molecule is C=CC1C[C@]1(CC(=O)[C@@H]1C[C@H](OS(=O)(=O)c2ccc(Br)cc2)CN1)C(=O)OC. The lowest BCUT2D eigenvalue weighted by Crippen LogP contribution is -2.34. The highest BCUT2D eigenvalue weighted by Gasteiger charge is 2.60. The number of methoxy groups -OCH3 is 1. The second-order valence-corrected chi connectivity index (χ2v) is 9.65. The lowest BCUT2D eigenvalue weighted by molar-refractivity contribution is -0.149. The standard InChI is InChI=1S/C19H22BrNO6S/c1-3-12-9-19(12,18(23)26-2)10-17(22)16-8-14(11-21-16)27-28(24,25)15-6-4-13(20)5-7-15/h3-7,12,14,16,21H,1,8-11H2,2H3/t12?,14-,16-,19+/m0/s1. The molecular weight excluding hydrogens is 450 g/mol. The first-order valence-corrected chi connectivity index (χ1v) is 11.1. The van der Waals surface area contributed by atoms with Crippen LogP contribution in [0.2, 0.25) is 0 Å². The predicted molar refractivity (Wildman–Crippen MR) is 105 cm³/mol. The van der Waals surface area contributed by atoms with E-state index in [4.69, 9.17) is 8.92 Å². The molecule has 0 bridgehead atoms. The van der Waals surface area contributed by atoms with Crippen LogP contribution in [-0.4, -0.2) is 46.0 Å². The van der Waals surface area contributed by atoms with Crippen molar-refractivity contribution in [3.05, 3.63) is 41.4 Å². The Hall–Kier alpha value is -1.55. The van der Waals surface area contributed by atoms with Crippen LogP contribution in [0.25, 0.3) is 0 Å². The van der Waals surface area contributed by atoms with E-state index in [1.165, 1.54) is 19.2 Å². The van der Waals surface area contributed by atoms with Crippen LogP contribution in [0.5, 0.6) is 0 Å². The number of nitrogens with one attached hydrogen (secondary N) is 1. The molecule has 1 unspecified atom stereocenters. The molecule has 1 aliphatic carbocycles. The zero-order chi connectivity index (χ0) is 20.5. The van der Waals surface area contributed by atoms with Gasteiger partial charge in [-0.2, -0.15) is 8.42 Å². The lowest BCUT2D eigenvalue weighted by atomic mass is 9.92. The van der Waals surface area contributed by atoms with Crippen molar-refractivity contribution in [1.29, 1.82) is 0 Å². The number of hydrogen-bond donors (Lipinski definition) is 1. The van der Waals surface area contributed by atoms with E-state index in [0.29, 0.717) is 6.42 Å². The Morgan fingerprint density at radius 1 is 1.36 bits per heavy atom. The van der Waals surface area contributed by atoms with Crippen molar-refractivity contribution in [3.8, 4) is 0 Å². The third kappa shape index (κ3) is 4.22. The zero-order valence-corrected chi connectivity index (χ0v) is 17.8. The average Bonchev–Trinajstić information content (AvgIpc) is 3.18. The maximum Gasteiger partial charge on any atom is 0.312 e. The third-order valence-electron chi connectivity index (χ3n) is 5.34. The number of halogens is 1. The van der Waals surface area contributed by atoms with Gasteiger partial charge in [0.2, 0.25) is 0 Å². The summed E-state index contributed by atoms with van der Waals surface area (Å²) in [6, 6.07) is 5.58. The Kier molecular flexibility index (Phi) is 6.09. The van der Waals surface area contributed by atoms with Crippen molar-refractivity contribution >= 4 is 37.8 Å². The van der Waals surface area contributed by atoms with Crippen LogP contribution in [-0.2, 0) is 28.6 Å². The fourth-order valence-electron chi connectivity index (χ4n) is 3.65. The molecule has 1 saturated heterocycles. The number of carbonyl (C=O) groups is 2. The Morgan fingerprint density at radius 2 is 2.04 bits per heavy atom. The number of carbonyl (C=O) groups excluding carboxylic acids is 2. The molecule has 1 N–H and O–H groups in total. The van der Waals surface area contributed by atoms with Crippen LogP contribution in [0.1, 0.15) is 19.3 Å². The van der Waals surface area contributed by atoms with Crippen molar-refractivity contribution in [2.45, 2.75) is 36.3 Å². The molecule has 9 heteroatoms. The number of Topliss-reactive ketones (excluding diaryl/α,β-unsaturated/α-hetero) is 1. The van der Waals surface area contributed by atoms with Crippen LogP contribution >= 0.6 is 15.9 Å². The summed E-state index contributed by atoms with van der Waals surface area (Å²) in [5.41, 5.74) is -0.836. The van der Waals surface area contributed by atoms with E-state index in [0.717, 1.165) is 4.47 Å². The maximum atomic E-state index is 12.7. The van der Waals surface area contributed by atoms with E-state index >= 15 is 0 Å². The first kappa shape index (κ1) is 21.2. The highest BCUT2D eigenvalue weighted by molar-refractivity contribution is 9.10. The average molecular weight is 472 g/mol. The first-order chi connectivity index (χ1) is 13.2. The smallest absolute Gasteiger partial charge is 0.312 e. The van der Waals surface area contributed by atoms with Gasteiger partial charge in [0.05, 0.1) is 29.6 Å². The van der Waals surface area contributed by atoms with Gasteiger partial charge in [0.25, 0.3) is 10.1 Å². The largest absolute Gasteiger partial charge is 0.469 e. The fourth-order valence-corrected chi connectivity index (χ4v) is 5.00. The van der Waals surface area contributed by atoms with E-state index in [1.807, 2.05) is 0 Å². The van der Waals surface area contributed by atoms with Crippen molar-refractivity contribution in [1.82, 2.24) is 5.32 Å². The van der Waals surface area contributed by atoms with Gasteiger partial charge < -0.3 is 10.1 Å². The summed E-state index contributed by atoms with van der Waals surface area (Å²) in [6.07, 6.45) is 1.83. The van der Waals surface area contributed by atoms with E-state index in [9.17, 15) is 18.0 Å². The van der Waals surface area contributed by atoms with E-state index < -0.39 is 33.6 Å². The van der Waals surface area contributed by atoms with Crippen LogP contribution in [0.15, 0.2) is 46.3 Å². The quantitative estimate of drug-likeness (QED) is 0.352. The van der Waals surface area contributed by atoms with Gasteiger partial charge in [-0.3, -0.25) is 13.8 Å². The summed E-state index contributed by atoms with van der Waals surface area (Å²) in [4.78, 5) is 24.8. The second-order valence-electron chi connectivity index (χ2n) is 7.16. The highest BCUT2D eigenvalue weighted by Crippen LogP contribution is 2.57. The molecule has 7 nitrogen and oxygen atoms in total. The molecule has 1 aliphatic heterocycles. The normalized spacial score (nSPS) is 29.3. The minimum Gasteiger partial charge on any atom is -0.469 e. The molecule has 1 aromatic carbocycles. The molecule has 0 amide bonds. The second kappa shape index (κ2) is 8.06. The zero-order valence-electron chi connectivity index (χ0n) is 15.4. The summed E-state index contributed by atoms with van der Waals surface area (Å²) < 4.78 is 35.7. The number of rotatable bonds is 8. The molecule has 3 rings (SSSR count). The number of hydrogen-bond acceptors (Lipinski definition) is 7. The van der Waals surface area contributed by atoms with Gasteiger partial charge in [0, 0.05) is 17.4 Å². The minimum atomic E-state index is -3.92. The molecule has 0 radical (unpaired) electrons.